The Morgan fingerprint density at radius 3 is 2.30 bits per heavy atom. The van der Waals surface area contributed by atoms with E-state index in [-0.39, 0.29) is 5.91 Å². The fourth-order valence-electron chi connectivity index (χ4n) is 3.24. The van der Waals surface area contributed by atoms with Crippen LogP contribution in [0.5, 0.6) is 5.75 Å². The third-order valence-corrected chi connectivity index (χ3v) is 4.77. The minimum atomic E-state index is -0.103. The number of nitrogens with zero attached hydrogens (tertiary/aromatic N) is 1. The van der Waals surface area contributed by atoms with Crippen molar-refractivity contribution in [2.75, 3.05) is 25.0 Å². The van der Waals surface area contributed by atoms with Gasteiger partial charge in [-0.25, -0.2) is 0 Å². The summed E-state index contributed by atoms with van der Waals surface area (Å²) in [6.07, 6.45) is 3.96. The molecule has 0 unspecified atom stereocenters. The van der Waals surface area contributed by atoms with Crippen LogP contribution in [0, 0.1) is 5.92 Å². The van der Waals surface area contributed by atoms with Crippen molar-refractivity contribution in [2.45, 2.75) is 39.7 Å². The third-order valence-electron chi connectivity index (χ3n) is 4.77. The number of nitrogens with one attached hydrogen (secondary N) is 1. The van der Waals surface area contributed by atoms with Crippen molar-refractivity contribution in [3.63, 3.8) is 0 Å². The molecule has 0 spiro atoms. The van der Waals surface area contributed by atoms with Crippen molar-refractivity contribution in [1.29, 1.82) is 0 Å². The molecule has 27 heavy (non-hydrogen) atoms. The molecule has 1 N–H and O–H groups in total. The topological polar surface area (TPSA) is 41.6 Å². The van der Waals surface area contributed by atoms with Gasteiger partial charge in [0.1, 0.15) is 5.75 Å². The van der Waals surface area contributed by atoms with E-state index in [1.54, 1.807) is 12.1 Å². The van der Waals surface area contributed by atoms with E-state index in [9.17, 15) is 4.79 Å². The standard InChI is InChI=1S/C23H30N2O2/c1-18(2)17-27-22-12-8-20(9-13-22)23(26)24-21-10-6-19(7-11-21)16-25-14-4-3-5-15-25/h6-13,18H,3-5,14-17H2,1-2H3,(H,24,26). The minimum Gasteiger partial charge on any atom is -0.493 e. The molecule has 0 aromatic heterocycles. The van der Waals surface area contributed by atoms with E-state index in [0.29, 0.717) is 18.1 Å². The molecule has 0 aliphatic carbocycles. The molecular weight excluding hydrogens is 336 g/mol. The first-order valence-electron chi connectivity index (χ1n) is 9.95. The molecule has 1 amide bonds. The second kappa shape index (κ2) is 9.56. The van der Waals surface area contributed by atoms with Crippen LogP contribution in [-0.4, -0.2) is 30.5 Å². The van der Waals surface area contributed by atoms with Crippen LogP contribution in [-0.2, 0) is 6.54 Å². The average Bonchev–Trinajstić information content (AvgIpc) is 2.69. The Balaban J connectivity index is 1.52. The molecule has 1 fully saturated rings. The van der Waals surface area contributed by atoms with Gasteiger partial charge >= 0.3 is 0 Å². The van der Waals surface area contributed by atoms with Gasteiger partial charge in [0.25, 0.3) is 5.91 Å². The number of carbonyl (C=O) groups is 1. The Labute approximate surface area is 162 Å². The predicted molar refractivity (Wildman–Crippen MR) is 110 cm³/mol. The molecular formula is C23H30N2O2. The number of rotatable bonds is 7. The van der Waals surface area contributed by atoms with Crippen LogP contribution < -0.4 is 10.1 Å². The number of hydrogen-bond acceptors (Lipinski definition) is 3. The van der Waals surface area contributed by atoms with Gasteiger partial charge in [-0.2, -0.15) is 0 Å². The van der Waals surface area contributed by atoms with Crippen LogP contribution in [0.2, 0.25) is 0 Å². The lowest BCUT2D eigenvalue weighted by atomic mass is 10.1. The summed E-state index contributed by atoms with van der Waals surface area (Å²) in [5, 5.41) is 2.97. The molecule has 4 heteroatoms. The largest absolute Gasteiger partial charge is 0.493 e. The van der Waals surface area contributed by atoms with E-state index in [1.165, 1.54) is 37.9 Å². The number of ether oxygens (including phenoxy) is 1. The Hall–Kier alpha value is -2.33. The number of hydrogen-bond donors (Lipinski definition) is 1. The maximum atomic E-state index is 12.4. The van der Waals surface area contributed by atoms with Crippen LogP contribution in [0.4, 0.5) is 5.69 Å². The average molecular weight is 367 g/mol. The molecule has 2 aromatic carbocycles. The molecule has 0 saturated carbocycles. The van der Waals surface area contributed by atoms with Gasteiger partial charge in [-0.15, -0.1) is 0 Å². The van der Waals surface area contributed by atoms with Crippen molar-refractivity contribution >= 4 is 11.6 Å². The summed E-state index contributed by atoms with van der Waals surface area (Å²) in [5.41, 5.74) is 2.74. The number of piperidine rings is 1. The molecule has 144 valence electrons. The highest BCUT2D eigenvalue weighted by atomic mass is 16.5. The van der Waals surface area contributed by atoms with Crippen molar-refractivity contribution in [3.8, 4) is 5.75 Å². The van der Waals surface area contributed by atoms with E-state index in [4.69, 9.17) is 4.74 Å². The minimum absolute atomic E-state index is 0.103. The molecule has 4 nitrogen and oxygen atoms in total. The summed E-state index contributed by atoms with van der Waals surface area (Å²) < 4.78 is 5.66. The number of benzene rings is 2. The van der Waals surface area contributed by atoms with E-state index in [0.717, 1.165) is 18.0 Å². The zero-order valence-corrected chi connectivity index (χ0v) is 16.4. The van der Waals surface area contributed by atoms with E-state index >= 15 is 0 Å². The van der Waals surface area contributed by atoms with Gasteiger partial charge in [0.05, 0.1) is 6.61 Å². The summed E-state index contributed by atoms with van der Waals surface area (Å²) >= 11 is 0. The van der Waals surface area contributed by atoms with Gasteiger partial charge in [0.15, 0.2) is 0 Å². The smallest absolute Gasteiger partial charge is 0.255 e. The maximum Gasteiger partial charge on any atom is 0.255 e. The van der Waals surface area contributed by atoms with E-state index in [1.807, 2.05) is 24.3 Å². The number of likely N-dealkylation sites (tertiary alicyclic amines) is 1. The fourth-order valence-corrected chi connectivity index (χ4v) is 3.24. The van der Waals surface area contributed by atoms with Crippen molar-refractivity contribution in [1.82, 2.24) is 4.90 Å². The van der Waals surface area contributed by atoms with Crippen molar-refractivity contribution in [2.24, 2.45) is 5.92 Å². The van der Waals surface area contributed by atoms with Crippen molar-refractivity contribution < 1.29 is 9.53 Å². The highest BCUT2D eigenvalue weighted by molar-refractivity contribution is 6.04. The summed E-state index contributed by atoms with van der Waals surface area (Å²) in [5.74, 6) is 1.17. The SMILES string of the molecule is CC(C)COc1ccc(C(=O)Nc2ccc(CN3CCCCC3)cc2)cc1. The molecule has 1 aliphatic rings. The Bertz CT molecular complexity index is 717. The molecule has 0 radical (unpaired) electrons. The van der Waals surface area contributed by atoms with Gasteiger partial charge in [-0.1, -0.05) is 32.4 Å². The summed E-state index contributed by atoms with van der Waals surface area (Å²) in [6.45, 7) is 8.27. The third kappa shape index (κ3) is 6.10. The Kier molecular flexibility index (Phi) is 6.88. The van der Waals surface area contributed by atoms with Crippen LogP contribution in [0.25, 0.3) is 0 Å². The van der Waals surface area contributed by atoms with Gasteiger partial charge in [-0.05, 0) is 73.8 Å². The van der Waals surface area contributed by atoms with Crippen LogP contribution >= 0.6 is 0 Å². The van der Waals surface area contributed by atoms with Gasteiger partial charge in [-0.3, -0.25) is 9.69 Å². The second-order valence-electron chi connectivity index (χ2n) is 7.72. The number of anilines is 1. The first kappa shape index (κ1) is 19.4. The lowest BCUT2D eigenvalue weighted by Gasteiger charge is -2.26. The van der Waals surface area contributed by atoms with Crippen LogP contribution in [0.3, 0.4) is 0 Å². The maximum absolute atomic E-state index is 12.4. The highest BCUT2D eigenvalue weighted by Gasteiger charge is 2.11. The normalized spacial score (nSPS) is 14.9. The lowest BCUT2D eigenvalue weighted by Crippen LogP contribution is -2.29. The zero-order valence-electron chi connectivity index (χ0n) is 16.4. The quantitative estimate of drug-likeness (QED) is 0.753. The molecule has 1 aliphatic heterocycles. The van der Waals surface area contributed by atoms with Gasteiger partial charge < -0.3 is 10.1 Å². The summed E-state index contributed by atoms with van der Waals surface area (Å²) in [6, 6.07) is 15.5. The van der Waals surface area contributed by atoms with Crippen LogP contribution in [0.1, 0.15) is 49.0 Å². The summed E-state index contributed by atoms with van der Waals surface area (Å²) in [7, 11) is 0. The first-order chi connectivity index (χ1) is 13.1. The molecule has 0 bridgehead atoms. The second-order valence-corrected chi connectivity index (χ2v) is 7.72. The molecule has 1 saturated heterocycles. The first-order valence-corrected chi connectivity index (χ1v) is 9.95. The van der Waals surface area contributed by atoms with E-state index in [2.05, 4.69) is 36.2 Å². The molecule has 1 heterocycles. The monoisotopic (exact) mass is 366 g/mol. The van der Waals surface area contributed by atoms with Crippen molar-refractivity contribution in [3.05, 3.63) is 59.7 Å². The molecule has 3 rings (SSSR count). The zero-order chi connectivity index (χ0) is 19.1. The molecule has 0 atom stereocenters. The van der Waals surface area contributed by atoms with Gasteiger partial charge in [0.2, 0.25) is 0 Å². The highest BCUT2D eigenvalue weighted by Crippen LogP contribution is 2.17. The van der Waals surface area contributed by atoms with E-state index < -0.39 is 0 Å². The molecule has 2 aromatic rings. The van der Waals surface area contributed by atoms with Crippen LogP contribution in [0.15, 0.2) is 48.5 Å². The lowest BCUT2D eigenvalue weighted by molar-refractivity contribution is 0.102. The fraction of sp³-hybridized carbons (Fsp3) is 0.435. The summed E-state index contributed by atoms with van der Waals surface area (Å²) in [4.78, 5) is 14.9. The number of carbonyl (C=O) groups excluding carboxylic acids is 1. The Morgan fingerprint density at radius 2 is 1.67 bits per heavy atom. The Morgan fingerprint density at radius 1 is 1.00 bits per heavy atom. The predicted octanol–water partition coefficient (Wildman–Crippen LogP) is 4.96. The number of amides is 1. The van der Waals surface area contributed by atoms with Gasteiger partial charge in [0, 0.05) is 17.8 Å².